The van der Waals surface area contributed by atoms with Gasteiger partial charge >= 0.3 is 17.9 Å². The molecule has 0 bridgehead atoms. The molecule has 11 heteroatoms. The molecule has 27 heavy (non-hydrogen) atoms. The fraction of sp³-hybridized carbons (Fsp3) is 0.375. The van der Waals surface area contributed by atoms with Crippen LogP contribution in [-0.2, 0) is 19.2 Å². The van der Waals surface area contributed by atoms with Gasteiger partial charge < -0.3 is 26.2 Å². The van der Waals surface area contributed by atoms with E-state index in [1.807, 2.05) is 44.2 Å². The maximum atomic E-state index is 10.3. The molecule has 0 saturated heterocycles. The normalized spacial score (nSPS) is 10.5. The average molecular weight is 385 g/mol. The number of benzene rings is 1. The third-order valence-electron chi connectivity index (χ3n) is 2.81. The summed E-state index contributed by atoms with van der Waals surface area (Å²) in [5, 5.41) is 42.5. The van der Waals surface area contributed by atoms with E-state index in [1.165, 1.54) is 5.06 Å². The van der Waals surface area contributed by atoms with E-state index in [2.05, 4.69) is 0 Å². The number of para-hydroxylation sites is 1. The molecule has 0 fully saturated rings. The van der Waals surface area contributed by atoms with Crippen molar-refractivity contribution in [1.29, 1.82) is 5.41 Å². The summed E-state index contributed by atoms with van der Waals surface area (Å²) in [4.78, 5) is 35.9. The van der Waals surface area contributed by atoms with Crippen LogP contribution < -0.4 is 10.8 Å². The molecule has 0 aliphatic rings. The fourth-order valence-corrected chi connectivity index (χ4v) is 1.75. The number of aliphatic hydroxyl groups is 1. The van der Waals surface area contributed by atoms with Crippen LogP contribution in [0.15, 0.2) is 30.3 Å². The van der Waals surface area contributed by atoms with Gasteiger partial charge in [-0.3, -0.25) is 19.8 Å². The molecule has 0 aromatic heterocycles. The van der Waals surface area contributed by atoms with Gasteiger partial charge in [-0.2, -0.15) is 5.06 Å². The van der Waals surface area contributed by atoms with Gasteiger partial charge in [0.25, 0.3) is 0 Å². The molecule has 1 aromatic rings. The van der Waals surface area contributed by atoms with E-state index in [1.54, 1.807) is 0 Å². The Balaban J connectivity index is 0.000000503. The van der Waals surface area contributed by atoms with Crippen molar-refractivity contribution in [2.24, 2.45) is 5.73 Å². The van der Waals surface area contributed by atoms with Gasteiger partial charge in [-0.05, 0) is 26.0 Å². The van der Waals surface area contributed by atoms with E-state index >= 15 is 0 Å². The number of nitrogens with zero attached hydrogens (tertiary/aromatic N) is 1. The number of nitrogens with one attached hydrogen (secondary N) is 1. The Hall–Kier alpha value is -3.18. The predicted molar refractivity (Wildman–Crippen MR) is 94.1 cm³/mol. The van der Waals surface area contributed by atoms with Gasteiger partial charge in [0.1, 0.15) is 0 Å². The van der Waals surface area contributed by atoms with E-state index in [4.69, 9.17) is 36.4 Å². The van der Waals surface area contributed by atoms with Crippen molar-refractivity contribution in [3.8, 4) is 0 Å². The zero-order valence-electron chi connectivity index (χ0n) is 14.8. The molecule has 0 radical (unpaired) electrons. The second kappa shape index (κ2) is 10.7. The first-order valence-corrected chi connectivity index (χ1v) is 7.64. The summed E-state index contributed by atoms with van der Waals surface area (Å²) in [5.41, 5.74) is 3.42. The van der Waals surface area contributed by atoms with Gasteiger partial charge in [-0.25, -0.2) is 4.79 Å². The van der Waals surface area contributed by atoms with Crippen molar-refractivity contribution in [3.05, 3.63) is 30.3 Å². The van der Waals surface area contributed by atoms with Gasteiger partial charge in [-0.1, -0.05) is 18.2 Å². The number of rotatable bonds is 8. The minimum absolute atomic E-state index is 0.0147. The Morgan fingerprint density at radius 3 is 1.85 bits per heavy atom. The molecule has 0 amide bonds. The van der Waals surface area contributed by atoms with E-state index in [0.29, 0.717) is 0 Å². The average Bonchev–Trinajstić information content (AvgIpc) is 2.52. The lowest BCUT2D eigenvalue weighted by atomic mass is 9.96. The molecular weight excluding hydrogens is 362 g/mol. The number of hydrogen-bond acceptors (Lipinski definition) is 6. The van der Waals surface area contributed by atoms with Gasteiger partial charge in [0.15, 0.2) is 5.60 Å². The third-order valence-corrected chi connectivity index (χ3v) is 2.81. The summed E-state index contributed by atoms with van der Waals surface area (Å²) < 4.78 is 0. The number of carbonyl (C=O) groups is 3. The number of hydroxylamine groups is 1. The topological polar surface area (TPSA) is 194 Å². The summed E-state index contributed by atoms with van der Waals surface area (Å²) >= 11 is 0. The zero-order chi connectivity index (χ0) is 21.2. The lowest BCUT2D eigenvalue weighted by Gasteiger charge is -2.23. The Kier molecular flexibility index (Phi) is 9.47. The van der Waals surface area contributed by atoms with Crippen molar-refractivity contribution in [1.82, 2.24) is 0 Å². The molecule has 0 spiro atoms. The highest BCUT2D eigenvalue weighted by Gasteiger charge is 2.40. The largest absolute Gasteiger partial charge is 0.481 e. The fourth-order valence-electron chi connectivity index (χ4n) is 1.75. The highest BCUT2D eigenvalue weighted by Crippen LogP contribution is 2.16. The highest BCUT2D eigenvalue weighted by molar-refractivity contribution is 5.90. The Morgan fingerprint density at radius 2 is 1.56 bits per heavy atom. The van der Waals surface area contributed by atoms with Crippen molar-refractivity contribution in [2.75, 3.05) is 5.06 Å². The van der Waals surface area contributed by atoms with E-state index < -0.39 is 36.4 Å². The van der Waals surface area contributed by atoms with Crippen LogP contribution in [0, 0.1) is 5.41 Å². The quantitative estimate of drug-likeness (QED) is 0.208. The zero-order valence-corrected chi connectivity index (χ0v) is 14.8. The molecule has 1 rings (SSSR count). The van der Waals surface area contributed by atoms with Crippen LogP contribution in [0.1, 0.15) is 26.7 Å². The monoisotopic (exact) mass is 385 g/mol. The van der Waals surface area contributed by atoms with Crippen LogP contribution in [0.25, 0.3) is 0 Å². The van der Waals surface area contributed by atoms with Gasteiger partial charge in [-0.15, -0.1) is 0 Å². The number of hydrogen-bond donors (Lipinski definition) is 6. The van der Waals surface area contributed by atoms with Crippen LogP contribution in [0.5, 0.6) is 0 Å². The SMILES string of the molecule is CC(C)ON(C(=N)N)c1ccccc1.O=C(O)CC(O)(CC(=O)O)C(=O)O. The van der Waals surface area contributed by atoms with Crippen molar-refractivity contribution in [3.63, 3.8) is 0 Å². The summed E-state index contributed by atoms with van der Waals surface area (Å²) in [7, 11) is 0. The minimum Gasteiger partial charge on any atom is -0.481 e. The molecule has 1 aromatic carbocycles. The molecule has 7 N–H and O–H groups in total. The van der Waals surface area contributed by atoms with Gasteiger partial charge in [0, 0.05) is 0 Å². The second-order valence-electron chi connectivity index (χ2n) is 5.65. The molecule has 11 nitrogen and oxygen atoms in total. The van der Waals surface area contributed by atoms with Crippen LogP contribution in [0.2, 0.25) is 0 Å². The molecule has 0 aliphatic heterocycles. The Morgan fingerprint density at radius 1 is 1.11 bits per heavy atom. The number of nitrogens with two attached hydrogens (primary N) is 1. The Bertz CT molecular complexity index is 647. The van der Waals surface area contributed by atoms with Gasteiger partial charge in [0.05, 0.1) is 24.6 Å². The van der Waals surface area contributed by atoms with Crippen LogP contribution in [0.3, 0.4) is 0 Å². The van der Waals surface area contributed by atoms with Crippen molar-refractivity contribution in [2.45, 2.75) is 38.4 Å². The van der Waals surface area contributed by atoms with E-state index in [9.17, 15) is 14.4 Å². The highest BCUT2D eigenvalue weighted by atomic mass is 16.7. The van der Waals surface area contributed by atoms with Gasteiger partial charge in [0.2, 0.25) is 5.96 Å². The first kappa shape index (κ1) is 23.8. The Labute approximate surface area is 155 Å². The molecule has 0 saturated carbocycles. The first-order valence-electron chi connectivity index (χ1n) is 7.64. The van der Waals surface area contributed by atoms with Crippen molar-refractivity contribution < 1.29 is 39.6 Å². The lowest BCUT2D eigenvalue weighted by molar-refractivity contribution is -0.170. The van der Waals surface area contributed by atoms with Crippen LogP contribution in [0.4, 0.5) is 5.69 Å². The number of carboxylic acids is 3. The molecule has 0 unspecified atom stereocenters. The smallest absolute Gasteiger partial charge is 0.336 e. The maximum absolute atomic E-state index is 10.3. The maximum Gasteiger partial charge on any atom is 0.336 e. The third kappa shape index (κ3) is 9.18. The summed E-state index contributed by atoms with van der Waals surface area (Å²) in [5.74, 6) is -5.14. The van der Waals surface area contributed by atoms with Crippen LogP contribution in [-0.4, -0.2) is 56.0 Å². The minimum atomic E-state index is -2.74. The number of guanidine groups is 1. The summed E-state index contributed by atoms with van der Waals surface area (Å²) in [6.07, 6.45) is -2.30. The summed E-state index contributed by atoms with van der Waals surface area (Å²) in [6.45, 7) is 3.78. The molecule has 0 aliphatic carbocycles. The predicted octanol–water partition coefficient (Wildman–Crippen LogP) is 0.478. The number of carboxylic acid groups (broad SMARTS) is 3. The lowest BCUT2D eigenvalue weighted by Crippen LogP contribution is -2.42. The van der Waals surface area contributed by atoms with E-state index in [-0.39, 0.29) is 12.1 Å². The summed E-state index contributed by atoms with van der Waals surface area (Å²) in [6, 6.07) is 9.31. The number of anilines is 1. The number of aliphatic carboxylic acids is 3. The molecule has 0 atom stereocenters. The van der Waals surface area contributed by atoms with Crippen molar-refractivity contribution >= 4 is 29.6 Å². The second-order valence-corrected chi connectivity index (χ2v) is 5.65. The van der Waals surface area contributed by atoms with Crippen LogP contribution >= 0.6 is 0 Å². The van der Waals surface area contributed by atoms with E-state index in [0.717, 1.165) is 5.69 Å². The molecular formula is C16H23N3O8. The molecule has 0 heterocycles. The molecule has 150 valence electrons. The standard InChI is InChI=1S/C10H15N3O.C6H8O7/c1-8(2)14-13(10(11)12)9-6-4-3-5-7-9;7-3(8)1-6(13,5(11)12)2-4(9)10/h3-8H,1-2H3,(H3,11,12);13H,1-2H2,(H,7,8)(H,9,10)(H,11,12). The first-order chi connectivity index (χ1) is 12.4.